The highest BCUT2D eigenvalue weighted by Crippen LogP contribution is 2.32. The smallest absolute Gasteiger partial charge is 0.121 e. The van der Waals surface area contributed by atoms with Crippen molar-refractivity contribution in [1.29, 1.82) is 5.26 Å². The van der Waals surface area contributed by atoms with Crippen LogP contribution in [0.1, 0.15) is 5.56 Å². The molecular weight excluding hydrogens is 238 g/mol. The van der Waals surface area contributed by atoms with Crippen LogP contribution < -0.4 is 15.4 Å². The molecule has 0 unspecified atom stereocenters. The molecular formula is C15H15N3O. The molecule has 4 heteroatoms. The van der Waals surface area contributed by atoms with Gasteiger partial charge in [0, 0.05) is 18.8 Å². The lowest BCUT2D eigenvalue weighted by atomic mass is 10.1. The minimum atomic E-state index is 0.616. The molecule has 2 rings (SSSR count). The van der Waals surface area contributed by atoms with E-state index in [2.05, 4.69) is 6.07 Å². The Bertz CT molecular complexity index is 632. The molecule has 0 heterocycles. The Labute approximate surface area is 112 Å². The summed E-state index contributed by atoms with van der Waals surface area (Å²) in [5.41, 5.74) is 9.01. The molecule has 19 heavy (non-hydrogen) atoms. The molecule has 0 spiro atoms. The minimum absolute atomic E-state index is 0.616. The highest BCUT2D eigenvalue weighted by atomic mass is 16.5. The van der Waals surface area contributed by atoms with Crippen LogP contribution in [0.15, 0.2) is 42.5 Å². The number of nitrogen functional groups attached to an aromatic ring is 1. The van der Waals surface area contributed by atoms with Gasteiger partial charge in [0.2, 0.25) is 0 Å². The van der Waals surface area contributed by atoms with Crippen LogP contribution in [-0.2, 0) is 0 Å². The van der Waals surface area contributed by atoms with E-state index in [4.69, 9.17) is 15.7 Å². The van der Waals surface area contributed by atoms with E-state index in [1.165, 1.54) is 0 Å². The van der Waals surface area contributed by atoms with Crippen molar-refractivity contribution in [3.8, 4) is 11.8 Å². The van der Waals surface area contributed by atoms with E-state index in [0.717, 1.165) is 17.1 Å². The molecule has 0 aliphatic rings. The molecule has 0 saturated heterocycles. The van der Waals surface area contributed by atoms with E-state index >= 15 is 0 Å². The molecule has 2 N–H and O–H groups in total. The lowest BCUT2D eigenvalue weighted by Crippen LogP contribution is -2.11. The summed E-state index contributed by atoms with van der Waals surface area (Å²) in [7, 11) is 3.52. The van der Waals surface area contributed by atoms with Crippen LogP contribution >= 0.6 is 0 Å². The van der Waals surface area contributed by atoms with Gasteiger partial charge in [-0.15, -0.1) is 0 Å². The maximum atomic E-state index is 8.94. The highest BCUT2D eigenvalue weighted by Gasteiger charge is 2.09. The molecule has 4 nitrogen and oxygen atoms in total. The zero-order valence-electron chi connectivity index (χ0n) is 10.9. The van der Waals surface area contributed by atoms with Crippen molar-refractivity contribution in [2.24, 2.45) is 0 Å². The lowest BCUT2D eigenvalue weighted by Gasteiger charge is -2.22. The third-order valence-electron chi connectivity index (χ3n) is 2.96. The Morgan fingerprint density at radius 2 is 2.00 bits per heavy atom. The summed E-state index contributed by atoms with van der Waals surface area (Å²) < 4.78 is 5.21. The van der Waals surface area contributed by atoms with E-state index in [1.54, 1.807) is 19.2 Å². The quantitative estimate of drug-likeness (QED) is 0.854. The number of rotatable bonds is 3. The average molecular weight is 253 g/mol. The van der Waals surface area contributed by atoms with E-state index in [1.807, 2.05) is 42.3 Å². The highest BCUT2D eigenvalue weighted by molar-refractivity contribution is 5.76. The van der Waals surface area contributed by atoms with Crippen LogP contribution in [0.3, 0.4) is 0 Å². The third kappa shape index (κ3) is 2.61. The second-order valence-electron chi connectivity index (χ2n) is 4.15. The SMILES string of the molecule is COc1ccc(N)c(N(C)c2cccc(C#N)c2)c1. The predicted octanol–water partition coefficient (Wildman–Crippen LogP) is 2.92. The van der Waals surface area contributed by atoms with Crippen molar-refractivity contribution in [3.63, 3.8) is 0 Å². The van der Waals surface area contributed by atoms with Crippen LogP contribution in [0.4, 0.5) is 17.1 Å². The summed E-state index contributed by atoms with van der Waals surface area (Å²) in [5, 5.41) is 8.94. The molecule has 0 amide bonds. The second-order valence-corrected chi connectivity index (χ2v) is 4.15. The lowest BCUT2D eigenvalue weighted by molar-refractivity contribution is 0.415. The number of methoxy groups -OCH3 is 1. The summed E-state index contributed by atoms with van der Waals surface area (Å²) in [6, 6.07) is 15.0. The molecule has 2 aromatic rings. The molecule has 0 fully saturated rings. The van der Waals surface area contributed by atoms with Crippen LogP contribution in [0.25, 0.3) is 0 Å². The molecule has 0 saturated carbocycles. The van der Waals surface area contributed by atoms with Gasteiger partial charge in [-0.1, -0.05) is 6.07 Å². The zero-order valence-corrected chi connectivity index (χ0v) is 10.9. The van der Waals surface area contributed by atoms with E-state index in [-0.39, 0.29) is 0 Å². The average Bonchev–Trinajstić information content (AvgIpc) is 2.47. The van der Waals surface area contributed by atoms with Crippen molar-refractivity contribution >= 4 is 17.1 Å². The fraction of sp³-hybridized carbons (Fsp3) is 0.133. The van der Waals surface area contributed by atoms with Gasteiger partial charge >= 0.3 is 0 Å². The van der Waals surface area contributed by atoms with Gasteiger partial charge in [-0.3, -0.25) is 0 Å². The van der Waals surface area contributed by atoms with E-state index in [0.29, 0.717) is 11.3 Å². The van der Waals surface area contributed by atoms with Gasteiger partial charge in [-0.2, -0.15) is 5.26 Å². The standard InChI is InChI=1S/C15H15N3O/c1-18(12-5-3-4-11(8-12)10-16)15-9-13(19-2)6-7-14(15)17/h3-9H,17H2,1-2H3. The Balaban J connectivity index is 2.43. The van der Waals surface area contributed by atoms with E-state index < -0.39 is 0 Å². The van der Waals surface area contributed by atoms with E-state index in [9.17, 15) is 0 Å². The molecule has 0 radical (unpaired) electrons. The topological polar surface area (TPSA) is 62.3 Å². The largest absolute Gasteiger partial charge is 0.497 e. The normalized spacial score (nSPS) is 9.74. The van der Waals surface area contributed by atoms with Gasteiger partial charge in [0.05, 0.1) is 30.1 Å². The first-order valence-corrected chi connectivity index (χ1v) is 5.83. The summed E-state index contributed by atoms with van der Waals surface area (Å²) in [4.78, 5) is 1.93. The Kier molecular flexibility index (Phi) is 3.58. The van der Waals surface area contributed by atoms with Gasteiger partial charge in [0.25, 0.3) is 0 Å². The fourth-order valence-electron chi connectivity index (χ4n) is 1.86. The van der Waals surface area contributed by atoms with Gasteiger partial charge < -0.3 is 15.4 Å². The first-order valence-electron chi connectivity index (χ1n) is 5.83. The van der Waals surface area contributed by atoms with Gasteiger partial charge in [-0.05, 0) is 30.3 Å². The number of benzene rings is 2. The van der Waals surface area contributed by atoms with Crippen molar-refractivity contribution in [2.75, 3.05) is 24.8 Å². The summed E-state index contributed by atoms with van der Waals surface area (Å²) in [6.45, 7) is 0. The predicted molar refractivity (Wildman–Crippen MR) is 76.6 cm³/mol. The number of nitriles is 1. The molecule has 0 bridgehead atoms. The van der Waals surface area contributed by atoms with Crippen molar-refractivity contribution in [3.05, 3.63) is 48.0 Å². The van der Waals surface area contributed by atoms with Crippen LogP contribution in [-0.4, -0.2) is 14.2 Å². The van der Waals surface area contributed by atoms with Crippen LogP contribution in [0.5, 0.6) is 5.75 Å². The van der Waals surface area contributed by atoms with Gasteiger partial charge in [-0.25, -0.2) is 0 Å². The first kappa shape index (κ1) is 12.8. The Morgan fingerprint density at radius 1 is 1.21 bits per heavy atom. The Morgan fingerprint density at radius 3 is 2.68 bits per heavy atom. The van der Waals surface area contributed by atoms with Crippen LogP contribution in [0, 0.1) is 11.3 Å². The number of hydrogen-bond acceptors (Lipinski definition) is 4. The van der Waals surface area contributed by atoms with Gasteiger partial charge in [0.15, 0.2) is 0 Å². The summed E-state index contributed by atoms with van der Waals surface area (Å²) >= 11 is 0. The number of nitrogens with zero attached hydrogens (tertiary/aromatic N) is 2. The van der Waals surface area contributed by atoms with Crippen molar-refractivity contribution in [2.45, 2.75) is 0 Å². The molecule has 96 valence electrons. The molecule has 0 aromatic heterocycles. The maximum Gasteiger partial charge on any atom is 0.121 e. The van der Waals surface area contributed by atoms with Crippen LogP contribution in [0.2, 0.25) is 0 Å². The number of anilines is 3. The fourth-order valence-corrected chi connectivity index (χ4v) is 1.86. The van der Waals surface area contributed by atoms with Crippen molar-refractivity contribution < 1.29 is 4.74 Å². The number of nitrogens with two attached hydrogens (primary N) is 1. The number of hydrogen-bond donors (Lipinski definition) is 1. The first-order chi connectivity index (χ1) is 9.15. The zero-order chi connectivity index (χ0) is 13.8. The Hall–Kier alpha value is -2.67. The summed E-state index contributed by atoms with van der Waals surface area (Å²) in [6.07, 6.45) is 0. The minimum Gasteiger partial charge on any atom is -0.497 e. The monoisotopic (exact) mass is 253 g/mol. The molecule has 2 aromatic carbocycles. The maximum absolute atomic E-state index is 8.94. The molecule has 0 aliphatic carbocycles. The molecule has 0 atom stereocenters. The molecule has 0 aliphatic heterocycles. The summed E-state index contributed by atoms with van der Waals surface area (Å²) in [5.74, 6) is 0.743. The van der Waals surface area contributed by atoms with Gasteiger partial charge in [0.1, 0.15) is 5.75 Å². The van der Waals surface area contributed by atoms with Crippen molar-refractivity contribution in [1.82, 2.24) is 0 Å². The second kappa shape index (κ2) is 5.32. The third-order valence-corrected chi connectivity index (χ3v) is 2.96. The number of ether oxygens (including phenoxy) is 1.